The second-order valence-electron chi connectivity index (χ2n) is 5.61. The summed E-state index contributed by atoms with van der Waals surface area (Å²) < 4.78 is 4.90. The van der Waals surface area contributed by atoms with Gasteiger partial charge in [-0.2, -0.15) is 11.8 Å². The first-order valence-corrected chi connectivity index (χ1v) is 8.40. The lowest BCUT2D eigenvalue weighted by Crippen LogP contribution is -2.51. The molecule has 0 aromatic heterocycles. The van der Waals surface area contributed by atoms with E-state index in [0.717, 1.165) is 37.9 Å². The van der Waals surface area contributed by atoms with Gasteiger partial charge in [0.1, 0.15) is 5.54 Å². The lowest BCUT2D eigenvalue weighted by Gasteiger charge is -2.28. The Labute approximate surface area is 125 Å². The lowest BCUT2D eigenvalue weighted by molar-refractivity contribution is -0.148. The van der Waals surface area contributed by atoms with Crippen molar-refractivity contribution in [2.45, 2.75) is 56.7 Å². The molecule has 1 saturated carbocycles. The molecule has 20 heavy (non-hydrogen) atoms. The Morgan fingerprint density at radius 2 is 2.20 bits per heavy atom. The van der Waals surface area contributed by atoms with E-state index in [9.17, 15) is 9.90 Å². The van der Waals surface area contributed by atoms with Crippen molar-refractivity contribution in [2.75, 3.05) is 25.2 Å². The molecule has 0 heterocycles. The third-order valence-corrected chi connectivity index (χ3v) is 4.67. The second-order valence-corrected chi connectivity index (χ2v) is 6.76. The Morgan fingerprint density at radius 1 is 1.50 bits per heavy atom. The van der Waals surface area contributed by atoms with Crippen molar-refractivity contribution in [1.82, 2.24) is 5.32 Å². The second kappa shape index (κ2) is 8.87. The summed E-state index contributed by atoms with van der Waals surface area (Å²) in [6.45, 7) is 1.73. The summed E-state index contributed by atoms with van der Waals surface area (Å²) >= 11 is 1.63. The van der Waals surface area contributed by atoms with Crippen LogP contribution in [0.4, 0.5) is 0 Å². The van der Waals surface area contributed by atoms with Crippen molar-refractivity contribution < 1.29 is 19.7 Å². The average molecular weight is 305 g/mol. The molecule has 0 bridgehead atoms. The molecule has 1 aliphatic rings. The van der Waals surface area contributed by atoms with Gasteiger partial charge in [-0.3, -0.25) is 10.1 Å². The summed E-state index contributed by atoms with van der Waals surface area (Å²) in [5.41, 5.74) is -0.578. The van der Waals surface area contributed by atoms with E-state index < -0.39 is 11.6 Å². The molecule has 1 rings (SSSR count). The topological polar surface area (TPSA) is 78.8 Å². The highest BCUT2D eigenvalue weighted by Gasteiger charge is 2.38. The predicted molar refractivity (Wildman–Crippen MR) is 80.8 cm³/mol. The number of carbonyl (C=O) groups is 1. The summed E-state index contributed by atoms with van der Waals surface area (Å²) in [7, 11) is 1.43. The molecule has 6 heteroatoms. The number of hydrogen-bond donors (Lipinski definition) is 3. The first-order valence-electron chi connectivity index (χ1n) is 7.24. The van der Waals surface area contributed by atoms with Crippen molar-refractivity contribution in [3.63, 3.8) is 0 Å². The molecule has 1 fully saturated rings. The van der Waals surface area contributed by atoms with Crippen LogP contribution in [0.25, 0.3) is 0 Å². The molecule has 0 aromatic carbocycles. The van der Waals surface area contributed by atoms with Gasteiger partial charge in [0, 0.05) is 11.8 Å². The van der Waals surface area contributed by atoms with Crippen molar-refractivity contribution in [1.29, 1.82) is 0 Å². The van der Waals surface area contributed by atoms with Gasteiger partial charge >= 0.3 is 5.97 Å². The van der Waals surface area contributed by atoms with E-state index in [1.54, 1.807) is 11.8 Å². The molecule has 0 saturated heterocycles. The molecule has 5 nitrogen and oxygen atoms in total. The van der Waals surface area contributed by atoms with Crippen LogP contribution < -0.4 is 5.32 Å². The number of esters is 1. The van der Waals surface area contributed by atoms with Gasteiger partial charge in [0.15, 0.2) is 0 Å². The summed E-state index contributed by atoms with van der Waals surface area (Å²) in [5, 5.41) is 21.3. The van der Waals surface area contributed by atoms with Crippen LogP contribution in [-0.2, 0) is 9.53 Å². The fourth-order valence-corrected chi connectivity index (χ4v) is 3.04. The smallest absolute Gasteiger partial charge is 0.325 e. The van der Waals surface area contributed by atoms with Crippen molar-refractivity contribution >= 4 is 17.7 Å². The number of unbranched alkanes of at least 4 members (excludes halogenated alkanes) is 1. The molecule has 0 amide bonds. The third kappa shape index (κ3) is 6.43. The zero-order chi connectivity index (χ0) is 15.0. The third-order valence-electron chi connectivity index (χ3n) is 3.47. The van der Waals surface area contributed by atoms with Crippen LogP contribution in [0.5, 0.6) is 0 Å². The van der Waals surface area contributed by atoms with Crippen LogP contribution in [0.3, 0.4) is 0 Å². The molecule has 0 aromatic rings. The zero-order valence-electron chi connectivity index (χ0n) is 12.4. The number of ether oxygens (including phenoxy) is 1. The molecule has 118 valence electrons. The van der Waals surface area contributed by atoms with Crippen LogP contribution in [0.1, 0.15) is 39.0 Å². The molecule has 0 spiro atoms. The maximum atomic E-state index is 11.9. The highest BCUT2D eigenvalue weighted by Crippen LogP contribution is 2.26. The van der Waals surface area contributed by atoms with Gasteiger partial charge in [-0.15, -0.1) is 0 Å². The first-order chi connectivity index (χ1) is 9.51. The number of aliphatic hydroxyl groups excluding tert-OH is 2. The van der Waals surface area contributed by atoms with E-state index in [-0.39, 0.29) is 12.6 Å². The molecular weight excluding hydrogens is 278 g/mol. The van der Waals surface area contributed by atoms with Crippen molar-refractivity contribution in [3.05, 3.63) is 0 Å². The number of methoxy groups -OCH3 is 1. The number of nitrogens with one attached hydrogen (secondary N) is 1. The van der Waals surface area contributed by atoms with E-state index >= 15 is 0 Å². The minimum atomic E-state index is -0.628. The Morgan fingerprint density at radius 3 is 2.75 bits per heavy atom. The molecule has 1 aliphatic carbocycles. The highest BCUT2D eigenvalue weighted by molar-refractivity contribution is 7.99. The van der Waals surface area contributed by atoms with E-state index in [1.165, 1.54) is 7.11 Å². The maximum absolute atomic E-state index is 11.9. The molecule has 2 unspecified atom stereocenters. The average Bonchev–Trinajstić information content (AvgIpc) is 3.24. The Kier molecular flexibility index (Phi) is 7.87. The van der Waals surface area contributed by atoms with Gasteiger partial charge in [0.2, 0.25) is 0 Å². The maximum Gasteiger partial charge on any atom is 0.325 e. The van der Waals surface area contributed by atoms with E-state index in [2.05, 4.69) is 5.32 Å². The quantitative estimate of drug-likeness (QED) is 0.389. The molecule has 0 radical (unpaired) electrons. The zero-order valence-corrected chi connectivity index (χ0v) is 13.2. The fourth-order valence-electron chi connectivity index (χ4n) is 2.09. The Balaban J connectivity index is 2.19. The minimum absolute atomic E-state index is 0.182. The van der Waals surface area contributed by atoms with Crippen LogP contribution in [0.2, 0.25) is 0 Å². The van der Waals surface area contributed by atoms with E-state index in [1.807, 2.05) is 6.92 Å². The number of thioether (sulfide) groups is 1. The van der Waals surface area contributed by atoms with Gasteiger partial charge in [-0.1, -0.05) is 6.42 Å². The van der Waals surface area contributed by atoms with Gasteiger partial charge < -0.3 is 14.9 Å². The normalized spacial score (nSPS) is 19.4. The fraction of sp³-hybridized carbons (Fsp3) is 0.929. The standard InChI is InChI=1S/C14H27NO4S/c1-14(13(18)19-2,15-11-5-6-11)7-3-4-8-20-10-12(17)9-16/h11-12,15-17H,3-10H2,1-2H3. The molecule has 2 atom stereocenters. The highest BCUT2D eigenvalue weighted by atomic mass is 32.2. The summed E-state index contributed by atoms with van der Waals surface area (Å²) in [5.74, 6) is 1.30. The van der Waals surface area contributed by atoms with Gasteiger partial charge in [-0.05, 0) is 38.4 Å². The van der Waals surface area contributed by atoms with Crippen molar-refractivity contribution in [3.8, 4) is 0 Å². The van der Waals surface area contributed by atoms with Gasteiger partial charge in [0.25, 0.3) is 0 Å². The predicted octanol–water partition coefficient (Wildman–Crippen LogP) is 0.927. The molecular formula is C14H27NO4S. The van der Waals surface area contributed by atoms with Gasteiger partial charge in [0.05, 0.1) is 19.8 Å². The number of carbonyl (C=O) groups excluding carboxylic acids is 1. The van der Waals surface area contributed by atoms with Crippen molar-refractivity contribution in [2.24, 2.45) is 0 Å². The molecule has 3 N–H and O–H groups in total. The summed E-state index contributed by atoms with van der Waals surface area (Å²) in [4.78, 5) is 11.9. The van der Waals surface area contributed by atoms with Crippen LogP contribution in [0, 0.1) is 0 Å². The number of hydrogen-bond acceptors (Lipinski definition) is 6. The minimum Gasteiger partial charge on any atom is -0.468 e. The largest absolute Gasteiger partial charge is 0.468 e. The van der Waals surface area contributed by atoms with Gasteiger partial charge in [-0.25, -0.2) is 0 Å². The van der Waals surface area contributed by atoms with E-state index in [0.29, 0.717) is 11.8 Å². The van der Waals surface area contributed by atoms with Crippen LogP contribution in [-0.4, -0.2) is 59.1 Å². The lowest BCUT2D eigenvalue weighted by atomic mass is 9.95. The van der Waals surface area contributed by atoms with Crippen LogP contribution in [0.15, 0.2) is 0 Å². The molecule has 0 aliphatic heterocycles. The summed E-state index contributed by atoms with van der Waals surface area (Å²) in [6, 6.07) is 0.466. The number of rotatable bonds is 11. The SMILES string of the molecule is COC(=O)C(C)(CCCCSCC(O)CO)NC1CC1. The van der Waals surface area contributed by atoms with E-state index in [4.69, 9.17) is 9.84 Å². The number of aliphatic hydroxyl groups is 2. The summed E-state index contributed by atoms with van der Waals surface area (Å²) in [6.07, 6.45) is 4.34. The Bertz CT molecular complexity index is 299. The first kappa shape index (κ1) is 17.8. The Hall–Kier alpha value is -0.300. The van der Waals surface area contributed by atoms with Crippen LogP contribution >= 0.6 is 11.8 Å². The monoisotopic (exact) mass is 305 g/mol.